The van der Waals surface area contributed by atoms with E-state index in [-0.39, 0.29) is 5.41 Å². The van der Waals surface area contributed by atoms with Crippen LogP contribution in [0.15, 0.2) is 42.5 Å². The maximum absolute atomic E-state index is 9.01. The minimum atomic E-state index is -0.0296. The van der Waals surface area contributed by atoms with Gasteiger partial charge in [0.1, 0.15) is 11.8 Å². The molecule has 2 aromatic rings. The van der Waals surface area contributed by atoms with E-state index in [0.29, 0.717) is 17.0 Å². The predicted octanol–water partition coefficient (Wildman–Crippen LogP) is 4.23. The SMILES string of the molecule is CC(C)(C)c1ccccc1Oc1cccc(C#N)c1N. The van der Waals surface area contributed by atoms with Gasteiger partial charge >= 0.3 is 0 Å². The topological polar surface area (TPSA) is 59.0 Å². The lowest BCUT2D eigenvalue weighted by molar-refractivity contribution is 0.457. The second-order valence-corrected chi connectivity index (χ2v) is 5.68. The molecule has 0 spiro atoms. The van der Waals surface area contributed by atoms with E-state index in [9.17, 15) is 0 Å². The first-order valence-electron chi connectivity index (χ1n) is 6.49. The summed E-state index contributed by atoms with van der Waals surface area (Å²) in [5, 5.41) is 9.01. The summed E-state index contributed by atoms with van der Waals surface area (Å²) in [4.78, 5) is 0. The van der Waals surface area contributed by atoms with E-state index in [0.717, 1.165) is 11.3 Å². The van der Waals surface area contributed by atoms with Gasteiger partial charge in [0.2, 0.25) is 0 Å². The summed E-state index contributed by atoms with van der Waals surface area (Å²) in [7, 11) is 0. The van der Waals surface area contributed by atoms with Crippen molar-refractivity contribution in [2.45, 2.75) is 26.2 Å². The van der Waals surface area contributed by atoms with Crippen molar-refractivity contribution in [3.8, 4) is 17.6 Å². The number of nitrogens with zero attached hydrogens (tertiary/aromatic N) is 1. The number of benzene rings is 2. The molecule has 0 heterocycles. The Morgan fingerprint density at radius 3 is 2.30 bits per heavy atom. The van der Waals surface area contributed by atoms with Gasteiger partial charge in [0, 0.05) is 5.56 Å². The minimum Gasteiger partial charge on any atom is -0.455 e. The molecule has 102 valence electrons. The Morgan fingerprint density at radius 2 is 1.65 bits per heavy atom. The van der Waals surface area contributed by atoms with Crippen molar-refractivity contribution >= 4 is 5.69 Å². The molecule has 2 rings (SSSR count). The maximum atomic E-state index is 9.01. The van der Waals surface area contributed by atoms with Crippen molar-refractivity contribution in [2.75, 3.05) is 5.73 Å². The van der Waals surface area contributed by atoms with Gasteiger partial charge in [-0.2, -0.15) is 5.26 Å². The molecule has 0 saturated heterocycles. The van der Waals surface area contributed by atoms with Gasteiger partial charge in [-0.3, -0.25) is 0 Å². The highest BCUT2D eigenvalue weighted by molar-refractivity contribution is 5.64. The number of nitrogens with two attached hydrogens (primary N) is 1. The average Bonchev–Trinajstić information content (AvgIpc) is 2.40. The zero-order valence-corrected chi connectivity index (χ0v) is 12.0. The summed E-state index contributed by atoms with van der Waals surface area (Å²) in [6.45, 7) is 6.39. The van der Waals surface area contributed by atoms with Gasteiger partial charge in [-0.05, 0) is 23.6 Å². The van der Waals surface area contributed by atoms with Crippen LogP contribution in [0.5, 0.6) is 11.5 Å². The van der Waals surface area contributed by atoms with Crippen LogP contribution in [0.2, 0.25) is 0 Å². The zero-order chi connectivity index (χ0) is 14.8. The normalized spacial score (nSPS) is 10.9. The van der Waals surface area contributed by atoms with Crippen LogP contribution in [0.1, 0.15) is 31.9 Å². The van der Waals surface area contributed by atoms with Crippen LogP contribution < -0.4 is 10.5 Å². The molecule has 0 aliphatic carbocycles. The molecule has 2 aromatic carbocycles. The Kier molecular flexibility index (Phi) is 3.67. The second kappa shape index (κ2) is 5.26. The highest BCUT2D eigenvalue weighted by Crippen LogP contribution is 2.36. The number of anilines is 1. The van der Waals surface area contributed by atoms with Crippen molar-refractivity contribution in [1.29, 1.82) is 5.26 Å². The monoisotopic (exact) mass is 266 g/mol. The van der Waals surface area contributed by atoms with Crippen LogP contribution in [-0.4, -0.2) is 0 Å². The lowest BCUT2D eigenvalue weighted by Gasteiger charge is -2.23. The number of nitrogen functional groups attached to an aromatic ring is 1. The molecule has 0 saturated carbocycles. The van der Waals surface area contributed by atoms with E-state index in [1.165, 1.54) is 0 Å². The Balaban J connectivity index is 2.44. The molecule has 0 bridgehead atoms. The van der Waals surface area contributed by atoms with Gasteiger partial charge in [0.15, 0.2) is 5.75 Å². The van der Waals surface area contributed by atoms with Crippen LogP contribution in [0.4, 0.5) is 5.69 Å². The summed E-state index contributed by atoms with van der Waals surface area (Å²) in [6.07, 6.45) is 0. The molecule has 3 heteroatoms. The zero-order valence-electron chi connectivity index (χ0n) is 12.0. The Bertz CT molecular complexity index is 663. The average molecular weight is 266 g/mol. The molecular formula is C17H18N2O. The molecule has 3 nitrogen and oxygen atoms in total. The highest BCUT2D eigenvalue weighted by atomic mass is 16.5. The van der Waals surface area contributed by atoms with Gasteiger partial charge in [-0.15, -0.1) is 0 Å². The predicted molar refractivity (Wildman–Crippen MR) is 80.8 cm³/mol. The van der Waals surface area contributed by atoms with Crippen LogP contribution in [0, 0.1) is 11.3 Å². The standard InChI is InChI=1S/C17H18N2O/c1-17(2,3)13-8-4-5-9-14(13)20-15-10-6-7-12(11-18)16(15)19/h4-10H,19H2,1-3H3. The fourth-order valence-corrected chi connectivity index (χ4v) is 2.02. The lowest BCUT2D eigenvalue weighted by atomic mass is 9.86. The minimum absolute atomic E-state index is 0.0296. The van der Waals surface area contributed by atoms with Crippen molar-refractivity contribution in [1.82, 2.24) is 0 Å². The van der Waals surface area contributed by atoms with Crippen LogP contribution >= 0.6 is 0 Å². The third kappa shape index (κ3) is 2.75. The molecule has 0 aliphatic rings. The maximum Gasteiger partial charge on any atom is 0.151 e. The molecule has 20 heavy (non-hydrogen) atoms. The number of ether oxygens (including phenoxy) is 1. The number of rotatable bonds is 2. The van der Waals surface area contributed by atoms with Crippen molar-refractivity contribution in [2.24, 2.45) is 0 Å². The van der Waals surface area contributed by atoms with E-state index >= 15 is 0 Å². The van der Waals surface area contributed by atoms with Gasteiger partial charge in [0.25, 0.3) is 0 Å². The van der Waals surface area contributed by atoms with Gasteiger partial charge < -0.3 is 10.5 Å². The smallest absolute Gasteiger partial charge is 0.151 e. The molecule has 0 amide bonds. The Hall–Kier alpha value is -2.47. The van der Waals surface area contributed by atoms with E-state index < -0.39 is 0 Å². The molecule has 2 N–H and O–H groups in total. The molecule has 0 aromatic heterocycles. The van der Waals surface area contributed by atoms with Crippen molar-refractivity contribution < 1.29 is 4.74 Å². The van der Waals surface area contributed by atoms with Crippen molar-refractivity contribution in [3.05, 3.63) is 53.6 Å². The third-order valence-corrected chi connectivity index (χ3v) is 3.10. The first-order valence-corrected chi connectivity index (χ1v) is 6.49. The van der Waals surface area contributed by atoms with E-state index in [2.05, 4.69) is 26.8 Å². The van der Waals surface area contributed by atoms with Crippen LogP contribution in [-0.2, 0) is 5.41 Å². The summed E-state index contributed by atoms with van der Waals surface area (Å²) in [5.74, 6) is 1.28. The van der Waals surface area contributed by atoms with Gasteiger partial charge in [0.05, 0.1) is 11.3 Å². The van der Waals surface area contributed by atoms with E-state index in [1.54, 1.807) is 18.2 Å². The number of nitriles is 1. The van der Waals surface area contributed by atoms with E-state index in [4.69, 9.17) is 15.7 Å². The van der Waals surface area contributed by atoms with Crippen LogP contribution in [0.25, 0.3) is 0 Å². The van der Waals surface area contributed by atoms with E-state index in [1.807, 2.05) is 24.3 Å². The first-order chi connectivity index (χ1) is 9.43. The second-order valence-electron chi connectivity index (χ2n) is 5.68. The fourth-order valence-electron chi connectivity index (χ4n) is 2.02. The molecule has 0 unspecified atom stereocenters. The largest absolute Gasteiger partial charge is 0.455 e. The Labute approximate surface area is 119 Å². The highest BCUT2D eigenvalue weighted by Gasteiger charge is 2.19. The summed E-state index contributed by atoms with van der Waals surface area (Å²) < 4.78 is 5.93. The molecule has 0 radical (unpaired) electrons. The van der Waals surface area contributed by atoms with Gasteiger partial charge in [-0.1, -0.05) is 45.0 Å². The number of hydrogen-bond acceptors (Lipinski definition) is 3. The molecular weight excluding hydrogens is 248 g/mol. The number of para-hydroxylation sites is 2. The van der Waals surface area contributed by atoms with Crippen LogP contribution in [0.3, 0.4) is 0 Å². The quantitative estimate of drug-likeness (QED) is 0.827. The summed E-state index contributed by atoms with van der Waals surface area (Å²) >= 11 is 0. The molecule has 0 aliphatic heterocycles. The first kappa shape index (κ1) is 14.0. The van der Waals surface area contributed by atoms with Gasteiger partial charge in [-0.25, -0.2) is 0 Å². The fraction of sp³-hybridized carbons (Fsp3) is 0.235. The summed E-state index contributed by atoms with van der Waals surface area (Å²) in [6, 6.07) is 15.2. The number of hydrogen-bond donors (Lipinski definition) is 1. The molecule has 0 fully saturated rings. The molecule has 0 atom stereocenters. The summed E-state index contributed by atoms with van der Waals surface area (Å²) in [5.41, 5.74) is 7.82. The third-order valence-electron chi connectivity index (χ3n) is 3.10. The Morgan fingerprint density at radius 1 is 1.00 bits per heavy atom. The lowest BCUT2D eigenvalue weighted by Crippen LogP contribution is -2.12. The van der Waals surface area contributed by atoms with Crippen molar-refractivity contribution in [3.63, 3.8) is 0 Å².